The van der Waals surface area contributed by atoms with E-state index in [4.69, 9.17) is 9.47 Å². The second-order valence-electron chi connectivity index (χ2n) is 9.60. The Morgan fingerprint density at radius 2 is 2.00 bits per heavy atom. The Balaban J connectivity index is 1.48. The van der Waals surface area contributed by atoms with E-state index in [1.807, 2.05) is 35.4 Å². The zero-order valence-electron chi connectivity index (χ0n) is 22.2. The third-order valence-electron chi connectivity index (χ3n) is 6.65. The fraction of sp³-hybridized carbons (Fsp3) is 0.464. The van der Waals surface area contributed by atoms with Crippen molar-refractivity contribution in [3.05, 3.63) is 47.7 Å². The first-order chi connectivity index (χ1) is 17.9. The van der Waals surface area contributed by atoms with E-state index in [9.17, 15) is 9.59 Å². The predicted octanol–water partition coefficient (Wildman–Crippen LogP) is 4.60. The lowest BCUT2D eigenvalue weighted by atomic mass is 10.1. The first-order valence-corrected chi connectivity index (χ1v) is 12.9. The molecular weight excluding hydrogens is 470 g/mol. The average molecular weight is 508 g/mol. The van der Waals surface area contributed by atoms with Crippen molar-refractivity contribution in [1.82, 2.24) is 19.8 Å². The van der Waals surface area contributed by atoms with Crippen molar-refractivity contribution in [2.75, 3.05) is 45.8 Å². The van der Waals surface area contributed by atoms with Crippen molar-refractivity contribution in [1.29, 1.82) is 0 Å². The second-order valence-corrected chi connectivity index (χ2v) is 9.60. The first kappa shape index (κ1) is 26.3. The third kappa shape index (κ3) is 6.15. The normalized spacial score (nSPS) is 13.8. The summed E-state index contributed by atoms with van der Waals surface area (Å²) in [6, 6.07) is 9.55. The number of rotatable bonds is 11. The Morgan fingerprint density at radius 3 is 2.76 bits per heavy atom. The van der Waals surface area contributed by atoms with E-state index in [1.165, 1.54) is 0 Å². The molecule has 1 fully saturated rings. The monoisotopic (exact) mass is 507 g/mol. The van der Waals surface area contributed by atoms with Crippen molar-refractivity contribution >= 4 is 28.7 Å². The summed E-state index contributed by atoms with van der Waals surface area (Å²) in [6.45, 7) is 4.47. The molecule has 3 heterocycles. The number of nitrogens with one attached hydrogen (secondary N) is 1. The summed E-state index contributed by atoms with van der Waals surface area (Å²) in [5.74, 6) is 1.61. The smallest absolute Gasteiger partial charge is 0.325 e. The molecule has 1 N–H and O–H groups in total. The summed E-state index contributed by atoms with van der Waals surface area (Å²) in [5, 5.41) is 1.05. The number of aromatic amines is 1. The van der Waals surface area contributed by atoms with Crippen LogP contribution in [-0.4, -0.2) is 72.6 Å². The molecule has 0 atom stereocenters. The lowest BCUT2D eigenvalue weighted by Crippen LogP contribution is -2.49. The number of hydrogen-bond acceptors (Lipinski definition) is 5. The van der Waals surface area contributed by atoms with Crippen LogP contribution in [0.25, 0.3) is 10.9 Å². The van der Waals surface area contributed by atoms with Crippen molar-refractivity contribution < 1.29 is 19.1 Å². The van der Waals surface area contributed by atoms with Gasteiger partial charge >= 0.3 is 6.03 Å². The van der Waals surface area contributed by atoms with Crippen LogP contribution >= 0.6 is 0 Å². The maximum atomic E-state index is 13.5. The fourth-order valence-corrected chi connectivity index (χ4v) is 4.50. The van der Waals surface area contributed by atoms with Crippen LogP contribution in [0.5, 0.6) is 11.6 Å². The number of fused-ring (bicyclic) bond motifs is 1. The summed E-state index contributed by atoms with van der Waals surface area (Å²) in [7, 11) is 5.11. The first-order valence-electron chi connectivity index (χ1n) is 12.9. The van der Waals surface area contributed by atoms with Crippen LogP contribution in [0.3, 0.4) is 0 Å². The van der Waals surface area contributed by atoms with Gasteiger partial charge in [0.05, 0.1) is 20.1 Å². The number of anilines is 1. The molecule has 0 radical (unpaired) electrons. The number of H-pyrrole nitrogens is 1. The highest BCUT2D eigenvalue weighted by Gasteiger charge is 2.29. The average Bonchev–Trinajstić information content (AvgIpc) is 3.29. The third-order valence-corrected chi connectivity index (χ3v) is 6.65. The van der Waals surface area contributed by atoms with Gasteiger partial charge in [-0.1, -0.05) is 31.9 Å². The minimum atomic E-state index is -0.0802. The van der Waals surface area contributed by atoms with Crippen LogP contribution in [0.2, 0.25) is 0 Å². The van der Waals surface area contributed by atoms with Gasteiger partial charge in [-0.15, -0.1) is 0 Å². The number of nitrogens with zero attached hydrogens (tertiary/aromatic N) is 4. The van der Waals surface area contributed by atoms with Crippen molar-refractivity contribution in [2.45, 2.75) is 45.6 Å². The summed E-state index contributed by atoms with van der Waals surface area (Å²) in [4.78, 5) is 38.7. The number of amides is 3. The number of unbranched alkanes of at least 4 members (excludes halogenated alkanes) is 2. The van der Waals surface area contributed by atoms with Crippen molar-refractivity contribution in [2.24, 2.45) is 0 Å². The largest absolute Gasteiger partial charge is 0.491 e. The van der Waals surface area contributed by atoms with E-state index < -0.39 is 0 Å². The van der Waals surface area contributed by atoms with Crippen LogP contribution in [0.15, 0.2) is 36.5 Å². The zero-order chi connectivity index (χ0) is 26.4. The van der Waals surface area contributed by atoms with Gasteiger partial charge in [0.25, 0.3) is 5.88 Å². The molecule has 1 aliphatic heterocycles. The molecule has 4 rings (SSSR count). The zero-order valence-corrected chi connectivity index (χ0v) is 22.2. The topological polar surface area (TPSA) is 91.0 Å². The minimum absolute atomic E-state index is 0.0618. The van der Waals surface area contributed by atoms with Gasteiger partial charge in [-0.2, -0.15) is 4.98 Å². The molecule has 2 aromatic heterocycles. The Hall–Kier alpha value is -3.75. The standard InChI is InChI=1S/C28H37N5O4/c1-5-6-7-15-37-27-24(36-4)11-12-25(30-27)33-14-8-13-32(28(33)35)19-21-18-29-23-16-20(9-10-22(21)23)17-26(34)31(2)3/h9-12,16,18,29H,5-8,13-15,17,19H2,1-4H3. The van der Waals surface area contributed by atoms with Crippen LogP contribution < -0.4 is 14.4 Å². The number of pyridine rings is 1. The highest BCUT2D eigenvalue weighted by atomic mass is 16.5. The SMILES string of the molecule is CCCCCOc1nc(N2CCCN(Cc3c[nH]c4cc(CC(=O)N(C)C)ccc34)C2=O)ccc1OC. The number of likely N-dealkylation sites (N-methyl/N-ethyl adjacent to an activating group) is 1. The number of aromatic nitrogens is 2. The molecule has 1 aliphatic rings. The van der Waals surface area contributed by atoms with Gasteiger partial charge < -0.3 is 24.3 Å². The van der Waals surface area contributed by atoms with Crippen LogP contribution in [0.1, 0.15) is 43.7 Å². The van der Waals surface area contributed by atoms with Crippen molar-refractivity contribution in [3.63, 3.8) is 0 Å². The fourth-order valence-electron chi connectivity index (χ4n) is 4.50. The molecule has 198 valence electrons. The molecule has 1 saturated heterocycles. The van der Waals surface area contributed by atoms with E-state index in [0.29, 0.717) is 50.1 Å². The highest BCUT2D eigenvalue weighted by Crippen LogP contribution is 2.30. The van der Waals surface area contributed by atoms with Crippen LogP contribution in [0.4, 0.5) is 10.6 Å². The van der Waals surface area contributed by atoms with Gasteiger partial charge in [-0.05, 0) is 42.2 Å². The molecule has 0 bridgehead atoms. The number of benzene rings is 1. The van der Waals surface area contributed by atoms with Gasteiger partial charge in [-0.3, -0.25) is 9.69 Å². The second kappa shape index (κ2) is 12.0. The molecule has 3 amide bonds. The van der Waals surface area contributed by atoms with Crippen molar-refractivity contribution in [3.8, 4) is 11.6 Å². The number of urea groups is 1. The maximum Gasteiger partial charge on any atom is 0.325 e. The Labute approximate surface area is 218 Å². The molecule has 9 heteroatoms. The Kier molecular flexibility index (Phi) is 8.53. The maximum absolute atomic E-state index is 13.5. The van der Waals surface area contributed by atoms with E-state index in [-0.39, 0.29) is 11.9 Å². The van der Waals surface area contributed by atoms with E-state index >= 15 is 0 Å². The molecular formula is C28H37N5O4. The molecule has 0 unspecified atom stereocenters. The summed E-state index contributed by atoms with van der Waals surface area (Å²) in [6.07, 6.45) is 6.29. The predicted molar refractivity (Wildman–Crippen MR) is 144 cm³/mol. The number of methoxy groups -OCH3 is 1. The summed E-state index contributed by atoms with van der Waals surface area (Å²) >= 11 is 0. The number of hydrogen-bond donors (Lipinski definition) is 1. The summed E-state index contributed by atoms with van der Waals surface area (Å²) in [5.41, 5.74) is 2.96. The Morgan fingerprint density at radius 1 is 1.16 bits per heavy atom. The molecule has 0 saturated carbocycles. The van der Waals surface area contributed by atoms with Gasteiger partial charge in [0, 0.05) is 50.8 Å². The van der Waals surface area contributed by atoms with Crippen LogP contribution in [-0.2, 0) is 17.8 Å². The van der Waals surface area contributed by atoms with E-state index in [2.05, 4.69) is 16.9 Å². The quantitative estimate of drug-likeness (QED) is 0.383. The lowest BCUT2D eigenvalue weighted by Gasteiger charge is -2.35. The van der Waals surface area contributed by atoms with Gasteiger partial charge in [-0.25, -0.2) is 4.79 Å². The molecule has 37 heavy (non-hydrogen) atoms. The van der Waals surface area contributed by atoms with E-state index in [1.54, 1.807) is 37.1 Å². The highest BCUT2D eigenvalue weighted by molar-refractivity contribution is 5.92. The number of ether oxygens (including phenoxy) is 2. The molecule has 3 aromatic rings. The Bertz CT molecular complexity index is 1240. The van der Waals surface area contributed by atoms with Gasteiger partial charge in [0.1, 0.15) is 5.82 Å². The molecule has 0 spiro atoms. The van der Waals surface area contributed by atoms with Gasteiger partial charge in [0.2, 0.25) is 5.91 Å². The molecule has 1 aromatic carbocycles. The van der Waals surface area contributed by atoms with Crippen LogP contribution in [0, 0.1) is 0 Å². The number of carbonyl (C=O) groups excluding carboxylic acids is 2. The number of carbonyl (C=O) groups is 2. The minimum Gasteiger partial charge on any atom is -0.491 e. The lowest BCUT2D eigenvalue weighted by molar-refractivity contribution is -0.127. The van der Waals surface area contributed by atoms with E-state index in [0.717, 1.165) is 47.7 Å². The molecule has 0 aliphatic carbocycles. The summed E-state index contributed by atoms with van der Waals surface area (Å²) < 4.78 is 11.3. The molecule has 9 nitrogen and oxygen atoms in total. The van der Waals surface area contributed by atoms with Gasteiger partial charge in [0.15, 0.2) is 5.75 Å².